The molecule has 29 heavy (non-hydrogen) atoms. The molecule has 2 aliphatic rings. The summed E-state index contributed by atoms with van der Waals surface area (Å²) in [6.07, 6.45) is 0.358. The third-order valence-corrected chi connectivity index (χ3v) is 6.21. The zero-order valence-electron chi connectivity index (χ0n) is 15.1. The summed E-state index contributed by atoms with van der Waals surface area (Å²) < 4.78 is 0. The Hall–Kier alpha value is -3.24. The second-order valence-electron chi connectivity index (χ2n) is 6.90. The standard InChI is InChI=1S/C19H17N3O6S/c23-15(19(27)28)21-16-14(18(25)26)12-5-10(20-6-13(12)29-16)8-22-7-9-3-1-2-4-11(9)17(22)24/h1-4,10,20H,5-8H2,(H,21,23)(H,25,26)(H,27,28)/t10-/m0/s1. The molecule has 0 aliphatic carbocycles. The summed E-state index contributed by atoms with van der Waals surface area (Å²) >= 11 is 1.05. The van der Waals surface area contributed by atoms with Gasteiger partial charge in [-0.1, -0.05) is 18.2 Å². The number of rotatable bonds is 4. The van der Waals surface area contributed by atoms with Crippen molar-refractivity contribution >= 4 is 40.1 Å². The molecule has 0 radical (unpaired) electrons. The van der Waals surface area contributed by atoms with Gasteiger partial charge < -0.3 is 25.7 Å². The number of nitrogens with zero attached hydrogens (tertiary/aromatic N) is 1. The van der Waals surface area contributed by atoms with Gasteiger partial charge in [0.05, 0.1) is 5.56 Å². The van der Waals surface area contributed by atoms with Gasteiger partial charge in [0.1, 0.15) is 5.00 Å². The first-order valence-electron chi connectivity index (χ1n) is 8.87. The van der Waals surface area contributed by atoms with Crippen molar-refractivity contribution in [2.75, 3.05) is 11.9 Å². The van der Waals surface area contributed by atoms with E-state index in [1.165, 1.54) is 0 Å². The molecule has 0 bridgehead atoms. The average Bonchev–Trinajstić information content (AvgIpc) is 3.19. The molecule has 0 fully saturated rings. The van der Waals surface area contributed by atoms with Crippen molar-refractivity contribution in [2.45, 2.75) is 25.6 Å². The Labute approximate surface area is 168 Å². The quantitative estimate of drug-likeness (QED) is 0.550. The number of carboxylic acid groups (broad SMARTS) is 2. The minimum Gasteiger partial charge on any atom is -0.478 e. The Kier molecular flexibility index (Phi) is 4.81. The number of amides is 2. The number of hydrogen-bond acceptors (Lipinski definition) is 6. The molecule has 1 atom stereocenters. The van der Waals surface area contributed by atoms with Crippen LogP contribution in [0, 0.1) is 0 Å². The van der Waals surface area contributed by atoms with Crippen molar-refractivity contribution in [3.63, 3.8) is 0 Å². The lowest BCUT2D eigenvalue weighted by molar-refractivity contribution is -0.147. The fourth-order valence-electron chi connectivity index (χ4n) is 3.75. The van der Waals surface area contributed by atoms with E-state index in [4.69, 9.17) is 5.11 Å². The summed E-state index contributed by atoms with van der Waals surface area (Å²) in [7, 11) is 0. The van der Waals surface area contributed by atoms with Crippen molar-refractivity contribution in [1.29, 1.82) is 0 Å². The van der Waals surface area contributed by atoms with Gasteiger partial charge in [-0.15, -0.1) is 11.3 Å². The van der Waals surface area contributed by atoms with Gasteiger partial charge in [-0.2, -0.15) is 0 Å². The summed E-state index contributed by atoms with van der Waals surface area (Å²) in [5.74, 6) is -4.24. The number of anilines is 1. The molecule has 0 saturated heterocycles. The van der Waals surface area contributed by atoms with Gasteiger partial charge in [-0.25, -0.2) is 9.59 Å². The maximum atomic E-state index is 12.6. The van der Waals surface area contributed by atoms with Gasteiger partial charge in [0.15, 0.2) is 0 Å². The molecule has 2 aromatic rings. The zero-order chi connectivity index (χ0) is 20.7. The first kappa shape index (κ1) is 19.1. The van der Waals surface area contributed by atoms with Crippen LogP contribution in [0.3, 0.4) is 0 Å². The van der Waals surface area contributed by atoms with Crippen LogP contribution in [0.4, 0.5) is 5.00 Å². The zero-order valence-corrected chi connectivity index (χ0v) is 15.9. The van der Waals surface area contributed by atoms with Gasteiger partial charge in [-0.3, -0.25) is 9.59 Å². The maximum Gasteiger partial charge on any atom is 0.394 e. The number of thiophene rings is 1. The Bertz CT molecular complexity index is 1050. The van der Waals surface area contributed by atoms with Crippen LogP contribution in [0.25, 0.3) is 0 Å². The normalized spacial score (nSPS) is 17.6. The van der Waals surface area contributed by atoms with Crippen LogP contribution >= 0.6 is 11.3 Å². The highest BCUT2D eigenvalue weighted by atomic mass is 32.1. The Morgan fingerprint density at radius 2 is 2.00 bits per heavy atom. The van der Waals surface area contributed by atoms with Crippen LogP contribution in [-0.2, 0) is 29.1 Å². The van der Waals surface area contributed by atoms with Crippen molar-refractivity contribution in [3.8, 4) is 0 Å². The summed E-state index contributed by atoms with van der Waals surface area (Å²) in [5, 5.41) is 23.9. The van der Waals surface area contributed by atoms with E-state index in [0.717, 1.165) is 21.8 Å². The highest BCUT2D eigenvalue weighted by Crippen LogP contribution is 2.37. The fourth-order valence-corrected chi connectivity index (χ4v) is 4.92. The summed E-state index contributed by atoms with van der Waals surface area (Å²) in [6.45, 7) is 1.30. The van der Waals surface area contributed by atoms with E-state index in [9.17, 15) is 24.3 Å². The molecule has 0 unspecified atom stereocenters. The molecule has 9 nitrogen and oxygen atoms in total. The van der Waals surface area contributed by atoms with E-state index < -0.39 is 17.8 Å². The highest BCUT2D eigenvalue weighted by Gasteiger charge is 2.33. The van der Waals surface area contributed by atoms with Crippen LogP contribution in [0.1, 0.15) is 36.7 Å². The van der Waals surface area contributed by atoms with Crippen LogP contribution in [-0.4, -0.2) is 51.5 Å². The molecule has 150 valence electrons. The molecular formula is C19H17N3O6S. The van der Waals surface area contributed by atoms with Crippen molar-refractivity contribution in [1.82, 2.24) is 10.2 Å². The smallest absolute Gasteiger partial charge is 0.394 e. The van der Waals surface area contributed by atoms with Crippen LogP contribution in [0.15, 0.2) is 24.3 Å². The minimum atomic E-state index is -1.68. The van der Waals surface area contributed by atoms with Crippen LogP contribution < -0.4 is 10.6 Å². The number of aromatic carboxylic acids is 1. The molecule has 2 amide bonds. The second-order valence-corrected chi connectivity index (χ2v) is 8.00. The molecular weight excluding hydrogens is 398 g/mol. The largest absolute Gasteiger partial charge is 0.478 e. The van der Waals surface area contributed by atoms with Gasteiger partial charge in [0, 0.05) is 36.1 Å². The molecule has 3 heterocycles. The molecule has 1 aromatic carbocycles. The predicted octanol–water partition coefficient (Wildman–Crippen LogP) is 1.14. The SMILES string of the molecule is O=C(O)C(=O)Nc1sc2c(c1C(=O)O)C[C@@H](CN1Cc3ccccc3C1=O)NC2. The summed E-state index contributed by atoms with van der Waals surface area (Å²) in [5.41, 5.74) is 2.14. The third-order valence-electron chi connectivity index (χ3n) is 5.06. The Morgan fingerprint density at radius 1 is 1.24 bits per heavy atom. The molecule has 4 N–H and O–H groups in total. The van der Waals surface area contributed by atoms with Crippen LogP contribution in [0.2, 0.25) is 0 Å². The van der Waals surface area contributed by atoms with Crippen molar-refractivity contribution < 1.29 is 29.4 Å². The number of benzene rings is 1. The number of hydrogen-bond donors (Lipinski definition) is 4. The fraction of sp³-hybridized carbons (Fsp3) is 0.263. The number of nitrogens with one attached hydrogen (secondary N) is 2. The lowest BCUT2D eigenvalue weighted by Gasteiger charge is -2.28. The topological polar surface area (TPSA) is 136 Å². The van der Waals surface area contributed by atoms with E-state index in [1.54, 1.807) is 11.0 Å². The Balaban J connectivity index is 1.53. The van der Waals surface area contributed by atoms with E-state index in [1.807, 2.05) is 18.2 Å². The highest BCUT2D eigenvalue weighted by molar-refractivity contribution is 7.17. The van der Waals surface area contributed by atoms with E-state index >= 15 is 0 Å². The Morgan fingerprint density at radius 3 is 2.69 bits per heavy atom. The molecule has 2 aliphatic heterocycles. The number of carbonyl (C=O) groups is 4. The third kappa shape index (κ3) is 3.47. The number of carboxylic acids is 2. The number of carbonyl (C=O) groups excluding carboxylic acids is 2. The van der Waals surface area contributed by atoms with Gasteiger partial charge >= 0.3 is 17.8 Å². The van der Waals surface area contributed by atoms with Gasteiger partial charge in [-0.05, 0) is 23.6 Å². The van der Waals surface area contributed by atoms with Gasteiger partial charge in [0.2, 0.25) is 0 Å². The van der Waals surface area contributed by atoms with Crippen LogP contribution in [0.5, 0.6) is 0 Å². The molecule has 0 saturated carbocycles. The van der Waals surface area contributed by atoms with E-state index in [0.29, 0.717) is 37.2 Å². The molecule has 4 rings (SSSR count). The summed E-state index contributed by atoms with van der Waals surface area (Å²) in [6, 6.07) is 7.26. The lowest BCUT2D eigenvalue weighted by Crippen LogP contribution is -2.44. The maximum absolute atomic E-state index is 12.6. The molecule has 10 heteroatoms. The molecule has 0 spiro atoms. The second kappa shape index (κ2) is 7.30. The predicted molar refractivity (Wildman–Crippen MR) is 103 cm³/mol. The van der Waals surface area contributed by atoms with Crippen molar-refractivity contribution in [3.05, 3.63) is 51.4 Å². The first-order chi connectivity index (χ1) is 13.8. The number of aliphatic carboxylic acids is 1. The average molecular weight is 415 g/mol. The first-order valence-corrected chi connectivity index (χ1v) is 9.69. The van der Waals surface area contributed by atoms with E-state index in [-0.39, 0.29) is 22.5 Å². The number of fused-ring (bicyclic) bond motifs is 2. The molecule has 1 aromatic heterocycles. The van der Waals surface area contributed by atoms with E-state index in [2.05, 4.69) is 10.6 Å². The monoisotopic (exact) mass is 415 g/mol. The summed E-state index contributed by atoms with van der Waals surface area (Å²) in [4.78, 5) is 49.1. The lowest BCUT2D eigenvalue weighted by atomic mass is 9.97. The minimum absolute atomic E-state index is 0.0157. The van der Waals surface area contributed by atoms with Crippen molar-refractivity contribution in [2.24, 2.45) is 0 Å². The van der Waals surface area contributed by atoms with Gasteiger partial charge in [0.25, 0.3) is 5.91 Å².